The molecule has 0 saturated carbocycles. The van der Waals surface area contributed by atoms with Gasteiger partial charge in [0.15, 0.2) is 0 Å². The highest BCUT2D eigenvalue weighted by Gasteiger charge is 2.06. The first-order valence-corrected chi connectivity index (χ1v) is 5.47. The van der Waals surface area contributed by atoms with Crippen molar-refractivity contribution in [2.24, 2.45) is 5.10 Å². The zero-order chi connectivity index (χ0) is 13.2. The molecule has 0 aromatic heterocycles. The highest BCUT2D eigenvalue weighted by Crippen LogP contribution is 1.93. The van der Waals surface area contributed by atoms with Crippen molar-refractivity contribution in [2.45, 2.75) is 6.42 Å². The first-order valence-electron chi connectivity index (χ1n) is 5.47. The quantitative estimate of drug-likeness (QED) is 0.337. The summed E-state index contributed by atoms with van der Waals surface area (Å²) in [4.78, 5) is 22.5. The van der Waals surface area contributed by atoms with Gasteiger partial charge in [0.25, 0.3) is 0 Å². The van der Waals surface area contributed by atoms with Gasteiger partial charge in [-0.2, -0.15) is 5.10 Å². The van der Waals surface area contributed by atoms with E-state index in [1.807, 2.05) is 30.3 Å². The summed E-state index contributed by atoms with van der Waals surface area (Å²) in [5.74, 6) is -0.814. The molecule has 2 N–H and O–H groups in total. The number of nitrogens with one attached hydrogen (secondary N) is 2. The molecule has 18 heavy (non-hydrogen) atoms. The Morgan fingerprint density at radius 2 is 1.94 bits per heavy atom. The molecule has 94 valence electrons. The average Bonchev–Trinajstić information content (AvgIpc) is 2.37. The Balaban J connectivity index is 2.31. The number of hydrogen-bond acceptors (Lipinski definition) is 3. The molecule has 0 saturated heterocycles. The molecule has 0 atom stereocenters. The fraction of sp³-hybridized carbons (Fsp3) is 0.154. The number of hydrazone groups is 1. The Kier molecular flexibility index (Phi) is 5.89. The van der Waals surface area contributed by atoms with E-state index in [-0.39, 0.29) is 12.3 Å². The van der Waals surface area contributed by atoms with Crippen molar-refractivity contribution < 1.29 is 9.59 Å². The van der Waals surface area contributed by atoms with Crippen LogP contribution >= 0.6 is 0 Å². The van der Waals surface area contributed by atoms with Crippen LogP contribution in [0.1, 0.15) is 12.0 Å². The molecule has 0 unspecified atom stereocenters. The maximum absolute atomic E-state index is 11.3. The smallest absolute Gasteiger partial charge is 0.249 e. The normalized spacial score (nSPS) is 10.0. The lowest BCUT2D eigenvalue weighted by Gasteiger charge is -2.00. The maximum Gasteiger partial charge on any atom is 0.249 e. The number of carbonyl (C=O) groups is 2. The number of amides is 2. The third-order valence-corrected chi connectivity index (χ3v) is 1.97. The molecule has 0 aliphatic heterocycles. The second-order valence-corrected chi connectivity index (χ2v) is 3.47. The van der Waals surface area contributed by atoms with Crippen LogP contribution in [0.3, 0.4) is 0 Å². The van der Waals surface area contributed by atoms with Crippen molar-refractivity contribution in [3.63, 3.8) is 0 Å². The van der Waals surface area contributed by atoms with Gasteiger partial charge in [-0.15, -0.1) is 6.58 Å². The van der Waals surface area contributed by atoms with Crippen LogP contribution in [0.2, 0.25) is 0 Å². The molecule has 0 radical (unpaired) electrons. The highest BCUT2D eigenvalue weighted by atomic mass is 16.2. The van der Waals surface area contributed by atoms with Crippen LogP contribution in [0.15, 0.2) is 48.1 Å². The number of hydrogen-bond donors (Lipinski definition) is 2. The minimum Gasteiger partial charge on any atom is -0.352 e. The topological polar surface area (TPSA) is 70.6 Å². The van der Waals surface area contributed by atoms with E-state index in [1.165, 1.54) is 6.21 Å². The molecule has 1 rings (SSSR count). The highest BCUT2D eigenvalue weighted by molar-refractivity contribution is 5.97. The first kappa shape index (κ1) is 13.6. The van der Waals surface area contributed by atoms with Gasteiger partial charge in [-0.1, -0.05) is 36.4 Å². The standard InChI is InChI=1S/C13H15N3O2/c1-2-8-14-12(17)9-13(18)16-15-10-11-6-4-3-5-7-11/h2-7,10H,1,8-9H2,(H,14,17)(H,16,18)/b15-10-. The summed E-state index contributed by atoms with van der Waals surface area (Å²) in [5.41, 5.74) is 3.15. The minimum absolute atomic E-state index is 0.250. The second-order valence-electron chi connectivity index (χ2n) is 3.47. The average molecular weight is 245 g/mol. The molecule has 1 aromatic carbocycles. The van der Waals surface area contributed by atoms with Gasteiger partial charge < -0.3 is 5.32 Å². The zero-order valence-electron chi connectivity index (χ0n) is 9.93. The first-order chi connectivity index (χ1) is 8.72. The largest absolute Gasteiger partial charge is 0.352 e. The van der Waals surface area contributed by atoms with Crippen molar-refractivity contribution in [1.29, 1.82) is 0 Å². The molecule has 5 nitrogen and oxygen atoms in total. The number of rotatable bonds is 6. The molecular weight excluding hydrogens is 230 g/mol. The molecule has 0 aliphatic rings. The lowest BCUT2D eigenvalue weighted by atomic mass is 10.2. The molecule has 0 heterocycles. The van der Waals surface area contributed by atoms with Crippen LogP contribution in [0, 0.1) is 0 Å². The van der Waals surface area contributed by atoms with Gasteiger partial charge >= 0.3 is 0 Å². The van der Waals surface area contributed by atoms with Gasteiger partial charge in [0.1, 0.15) is 6.42 Å². The summed E-state index contributed by atoms with van der Waals surface area (Å²) in [5, 5.41) is 6.25. The van der Waals surface area contributed by atoms with Crippen molar-refractivity contribution in [1.82, 2.24) is 10.7 Å². The molecule has 0 bridgehead atoms. The second kappa shape index (κ2) is 7.78. The van der Waals surface area contributed by atoms with Gasteiger partial charge in [0.05, 0.1) is 6.21 Å². The third kappa shape index (κ3) is 5.60. The van der Waals surface area contributed by atoms with Crippen molar-refractivity contribution in [2.75, 3.05) is 6.54 Å². The minimum atomic E-state index is -0.455. The molecular formula is C13H15N3O2. The Morgan fingerprint density at radius 1 is 1.22 bits per heavy atom. The van der Waals surface area contributed by atoms with Crippen LogP contribution < -0.4 is 10.7 Å². The van der Waals surface area contributed by atoms with Crippen LogP contribution in [-0.4, -0.2) is 24.6 Å². The van der Waals surface area contributed by atoms with Gasteiger partial charge in [-0.25, -0.2) is 5.43 Å². The summed E-state index contributed by atoms with van der Waals surface area (Å²) in [6.07, 6.45) is 2.81. The summed E-state index contributed by atoms with van der Waals surface area (Å²) < 4.78 is 0. The summed E-state index contributed by atoms with van der Waals surface area (Å²) in [6, 6.07) is 9.33. The molecule has 0 aliphatic carbocycles. The van der Waals surface area contributed by atoms with Gasteiger partial charge in [-0.05, 0) is 5.56 Å². The van der Waals surface area contributed by atoms with Crippen molar-refractivity contribution in [3.8, 4) is 0 Å². The van der Waals surface area contributed by atoms with Crippen molar-refractivity contribution >= 4 is 18.0 Å². The van der Waals surface area contributed by atoms with E-state index in [0.717, 1.165) is 5.56 Å². The van der Waals surface area contributed by atoms with Crippen LogP contribution in [0.5, 0.6) is 0 Å². The molecule has 5 heteroatoms. The predicted molar refractivity (Wildman–Crippen MR) is 70.0 cm³/mol. The fourth-order valence-corrected chi connectivity index (χ4v) is 1.15. The monoisotopic (exact) mass is 245 g/mol. The lowest BCUT2D eigenvalue weighted by Crippen LogP contribution is -2.29. The zero-order valence-corrected chi connectivity index (χ0v) is 9.93. The molecule has 1 aromatic rings. The van der Waals surface area contributed by atoms with E-state index in [2.05, 4.69) is 22.4 Å². The van der Waals surface area contributed by atoms with E-state index >= 15 is 0 Å². The van der Waals surface area contributed by atoms with Crippen LogP contribution in [-0.2, 0) is 9.59 Å². The van der Waals surface area contributed by atoms with Crippen molar-refractivity contribution in [3.05, 3.63) is 48.6 Å². The van der Waals surface area contributed by atoms with E-state index in [0.29, 0.717) is 6.54 Å². The van der Waals surface area contributed by atoms with E-state index in [9.17, 15) is 9.59 Å². The Bertz CT molecular complexity index is 441. The molecule has 0 spiro atoms. The SMILES string of the molecule is C=CCNC(=O)CC(=O)N/N=C\c1ccccc1. The Hall–Kier alpha value is -2.43. The number of benzene rings is 1. The van der Waals surface area contributed by atoms with E-state index in [4.69, 9.17) is 0 Å². The predicted octanol–water partition coefficient (Wildman–Crippen LogP) is 0.829. The maximum atomic E-state index is 11.3. The van der Waals surface area contributed by atoms with Crippen LogP contribution in [0.25, 0.3) is 0 Å². The number of nitrogens with zero attached hydrogens (tertiary/aromatic N) is 1. The fourth-order valence-electron chi connectivity index (χ4n) is 1.15. The van der Waals surface area contributed by atoms with Gasteiger partial charge in [0, 0.05) is 6.54 Å². The molecule has 0 fully saturated rings. The Morgan fingerprint density at radius 3 is 2.61 bits per heavy atom. The van der Waals surface area contributed by atoms with E-state index < -0.39 is 5.91 Å². The molecule has 2 amide bonds. The third-order valence-electron chi connectivity index (χ3n) is 1.97. The van der Waals surface area contributed by atoms with Gasteiger partial charge in [-0.3, -0.25) is 9.59 Å². The van der Waals surface area contributed by atoms with E-state index in [1.54, 1.807) is 6.08 Å². The summed E-state index contributed by atoms with van der Waals surface area (Å²) in [6.45, 7) is 3.80. The van der Waals surface area contributed by atoms with Gasteiger partial charge in [0.2, 0.25) is 11.8 Å². The summed E-state index contributed by atoms with van der Waals surface area (Å²) >= 11 is 0. The Labute approximate surface area is 106 Å². The van der Waals surface area contributed by atoms with Crippen LogP contribution in [0.4, 0.5) is 0 Å². The lowest BCUT2D eigenvalue weighted by molar-refractivity contribution is -0.129. The number of carbonyl (C=O) groups excluding carboxylic acids is 2. The summed E-state index contributed by atoms with van der Waals surface area (Å²) in [7, 11) is 0.